The van der Waals surface area contributed by atoms with Crippen LogP contribution in [0.5, 0.6) is 0 Å². The molecule has 0 aliphatic carbocycles. The fourth-order valence-corrected chi connectivity index (χ4v) is 1.25. The van der Waals surface area contributed by atoms with Crippen molar-refractivity contribution in [2.24, 2.45) is 11.1 Å². The van der Waals surface area contributed by atoms with Gasteiger partial charge in [-0.25, -0.2) is 0 Å². The first-order valence-electron chi connectivity index (χ1n) is 5.88. The molecule has 16 heavy (non-hydrogen) atoms. The van der Waals surface area contributed by atoms with Crippen molar-refractivity contribution in [2.75, 3.05) is 20.3 Å². The number of amides is 1. The number of ether oxygens (including phenoxy) is 1. The lowest BCUT2D eigenvalue weighted by Crippen LogP contribution is -2.35. The quantitative estimate of drug-likeness (QED) is 0.660. The molecule has 3 N–H and O–H groups in total. The first-order chi connectivity index (χ1) is 7.37. The molecule has 96 valence electrons. The third kappa shape index (κ3) is 8.68. The van der Waals surface area contributed by atoms with E-state index in [1.54, 1.807) is 7.11 Å². The first-order valence-corrected chi connectivity index (χ1v) is 5.88. The van der Waals surface area contributed by atoms with Crippen molar-refractivity contribution >= 4 is 5.91 Å². The highest BCUT2D eigenvalue weighted by Crippen LogP contribution is 2.18. The van der Waals surface area contributed by atoms with Gasteiger partial charge < -0.3 is 15.8 Å². The van der Waals surface area contributed by atoms with Crippen LogP contribution in [0.2, 0.25) is 0 Å². The number of carbonyl (C=O) groups excluding carboxylic acids is 1. The molecular weight excluding hydrogens is 204 g/mol. The minimum Gasteiger partial charge on any atom is -0.385 e. The summed E-state index contributed by atoms with van der Waals surface area (Å²) in [5, 5.41) is 2.94. The summed E-state index contributed by atoms with van der Waals surface area (Å²) in [6.45, 7) is 7.57. The van der Waals surface area contributed by atoms with Crippen molar-refractivity contribution < 1.29 is 9.53 Å². The zero-order chi connectivity index (χ0) is 12.6. The van der Waals surface area contributed by atoms with Gasteiger partial charge in [0.25, 0.3) is 0 Å². The number of methoxy groups -OCH3 is 1. The maximum Gasteiger partial charge on any atom is 0.220 e. The Labute approximate surface area is 98.9 Å². The Hall–Kier alpha value is -0.610. The Kier molecular flexibility index (Phi) is 7.34. The number of hydrogen-bond donors (Lipinski definition) is 2. The van der Waals surface area contributed by atoms with E-state index in [4.69, 9.17) is 10.5 Å². The van der Waals surface area contributed by atoms with Gasteiger partial charge in [-0.2, -0.15) is 0 Å². The molecule has 1 unspecified atom stereocenters. The largest absolute Gasteiger partial charge is 0.385 e. The van der Waals surface area contributed by atoms with Crippen molar-refractivity contribution in [2.45, 2.75) is 46.1 Å². The van der Waals surface area contributed by atoms with Crippen LogP contribution in [-0.4, -0.2) is 32.2 Å². The highest BCUT2D eigenvalue weighted by Gasteiger charge is 2.18. The van der Waals surface area contributed by atoms with E-state index < -0.39 is 0 Å². The van der Waals surface area contributed by atoms with Crippen LogP contribution in [0.25, 0.3) is 0 Å². The van der Waals surface area contributed by atoms with Crippen LogP contribution in [0.1, 0.15) is 40.0 Å². The van der Waals surface area contributed by atoms with E-state index in [0.717, 1.165) is 19.4 Å². The Morgan fingerprint density at radius 3 is 2.62 bits per heavy atom. The van der Waals surface area contributed by atoms with Crippen molar-refractivity contribution in [3.63, 3.8) is 0 Å². The molecule has 0 aliphatic heterocycles. The van der Waals surface area contributed by atoms with Crippen molar-refractivity contribution in [1.82, 2.24) is 5.32 Å². The summed E-state index contributed by atoms with van der Waals surface area (Å²) >= 11 is 0. The number of carbonyl (C=O) groups is 1. The molecule has 1 amide bonds. The summed E-state index contributed by atoms with van der Waals surface area (Å²) in [5.74, 6) is 0.0859. The van der Waals surface area contributed by atoms with E-state index in [9.17, 15) is 4.79 Å². The fraction of sp³-hybridized carbons (Fsp3) is 0.917. The van der Waals surface area contributed by atoms with Crippen molar-refractivity contribution in [1.29, 1.82) is 0 Å². The molecule has 0 spiro atoms. The molecule has 0 bridgehead atoms. The van der Waals surface area contributed by atoms with Crippen LogP contribution in [0.3, 0.4) is 0 Å². The third-order valence-corrected chi connectivity index (χ3v) is 2.57. The van der Waals surface area contributed by atoms with E-state index in [0.29, 0.717) is 13.0 Å². The molecule has 0 saturated carbocycles. The molecular formula is C12H26N2O2. The van der Waals surface area contributed by atoms with Crippen molar-refractivity contribution in [3.8, 4) is 0 Å². The summed E-state index contributed by atoms with van der Waals surface area (Å²) in [5.41, 5.74) is 5.68. The van der Waals surface area contributed by atoms with Crippen molar-refractivity contribution in [3.05, 3.63) is 0 Å². The maximum atomic E-state index is 11.5. The van der Waals surface area contributed by atoms with E-state index in [1.165, 1.54) is 0 Å². The molecule has 0 aromatic heterocycles. The molecule has 0 fully saturated rings. The minimum absolute atomic E-state index is 0.0833. The lowest BCUT2D eigenvalue weighted by molar-refractivity contribution is -0.121. The molecule has 0 saturated heterocycles. The molecule has 4 heteroatoms. The van der Waals surface area contributed by atoms with Gasteiger partial charge in [-0.05, 0) is 25.2 Å². The topological polar surface area (TPSA) is 64.3 Å². The molecule has 0 radical (unpaired) electrons. The smallest absolute Gasteiger partial charge is 0.220 e. The normalized spacial score (nSPS) is 13.6. The van der Waals surface area contributed by atoms with Gasteiger partial charge in [-0.15, -0.1) is 0 Å². The average molecular weight is 230 g/mol. The van der Waals surface area contributed by atoms with Crippen LogP contribution in [0, 0.1) is 5.41 Å². The first kappa shape index (κ1) is 15.4. The van der Waals surface area contributed by atoms with Crippen LogP contribution in [0.15, 0.2) is 0 Å². The summed E-state index contributed by atoms with van der Waals surface area (Å²) in [7, 11) is 1.69. The lowest BCUT2D eigenvalue weighted by atomic mass is 9.89. The van der Waals surface area contributed by atoms with Gasteiger partial charge in [-0.3, -0.25) is 4.79 Å². The summed E-state index contributed by atoms with van der Waals surface area (Å²) in [6.07, 6.45) is 2.19. The molecule has 0 heterocycles. The number of rotatable bonds is 8. The third-order valence-electron chi connectivity index (χ3n) is 2.57. The highest BCUT2D eigenvalue weighted by molar-refractivity contribution is 5.75. The molecule has 4 nitrogen and oxygen atoms in total. The predicted molar refractivity (Wildman–Crippen MR) is 66.2 cm³/mol. The summed E-state index contributed by atoms with van der Waals surface area (Å²) in [6, 6.07) is 0.0900. The standard InChI is InChI=1S/C12H26N2O2/c1-10(13)5-6-11(15)14-9-12(2,3)7-8-16-4/h10H,5-9,13H2,1-4H3,(H,14,15). The van der Waals surface area contributed by atoms with E-state index >= 15 is 0 Å². The van der Waals surface area contributed by atoms with Crippen LogP contribution >= 0.6 is 0 Å². The minimum atomic E-state index is 0.0833. The van der Waals surface area contributed by atoms with E-state index in [-0.39, 0.29) is 17.4 Å². The zero-order valence-electron chi connectivity index (χ0n) is 11.0. The number of nitrogens with one attached hydrogen (secondary N) is 1. The Balaban J connectivity index is 3.72. The second kappa shape index (κ2) is 7.63. The number of hydrogen-bond acceptors (Lipinski definition) is 3. The number of nitrogens with two attached hydrogens (primary N) is 1. The van der Waals surface area contributed by atoms with Crippen LogP contribution in [0.4, 0.5) is 0 Å². The van der Waals surface area contributed by atoms with Gasteiger partial charge >= 0.3 is 0 Å². The Morgan fingerprint density at radius 2 is 2.12 bits per heavy atom. The Morgan fingerprint density at radius 1 is 1.50 bits per heavy atom. The van der Waals surface area contributed by atoms with Gasteiger partial charge in [0.15, 0.2) is 0 Å². The molecule has 0 aromatic rings. The van der Waals surface area contributed by atoms with Crippen LogP contribution < -0.4 is 11.1 Å². The molecule has 0 aliphatic rings. The monoisotopic (exact) mass is 230 g/mol. The molecule has 0 rings (SSSR count). The van der Waals surface area contributed by atoms with Gasteiger partial charge in [0, 0.05) is 32.7 Å². The predicted octanol–water partition coefficient (Wildman–Crippen LogP) is 1.29. The van der Waals surface area contributed by atoms with Gasteiger partial charge in [-0.1, -0.05) is 13.8 Å². The summed E-state index contributed by atoms with van der Waals surface area (Å²) in [4.78, 5) is 11.5. The van der Waals surface area contributed by atoms with Gasteiger partial charge in [0.1, 0.15) is 0 Å². The summed E-state index contributed by atoms with van der Waals surface area (Å²) < 4.78 is 5.03. The van der Waals surface area contributed by atoms with Gasteiger partial charge in [0.05, 0.1) is 0 Å². The lowest BCUT2D eigenvalue weighted by Gasteiger charge is -2.24. The van der Waals surface area contributed by atoms with E-state index in [1.807, 2.05) is 6.92 Å². The second-order valence-electron chi connectivity index (χ2n) is 5.20. The SMILES string of the molecule is COCCC(C)(C)CNC(=O)CCC(C)N. The second-order valence-corrected chi connectivity index (χ2v) is 5.20. The fourth-order valence-electron chi connectivity index (χ4n) is 1.25. The maximum absolute atomic E-state index is 11.5. The van der Waals surface area contributed by atoms with Crippen LogP contribution in [-0.2, 0) is 9.53 Å². The van der Waals surface area contributed by atoms with E-state index in [2.05, 4.69) is 19.2 Å². The molecule has 0 aromatic carbocycles. The highest BCUT2D eigenvalue weighted by atomic mass is 16.5. The molecule has 1 atom stereocenters. The average Bonchev–Trinajstić information content (AvgIpc) is 2.21. The zero-order valence-corrected chi connectivity index (χ0v) is 11.0. The van der Waals surface area contributed by atoms with Gasteiger partial charge in [0.2, 0.25) is 5.91 Å². The Bertz CT molecular complexity index is 203.